The van der Waals surface area contributed by atoms with Crippen LogP contribution in [0.4, 0.5) is 17.7 Å². The maximum absolute atomic E-state index is 4.38. The normalized spacial score (nSPS) is 17.3. The van der Waals surface area contributed by atoms with E-state index >= 15 is 0 Å². The Kier molecular flexibility index (Phi) is 4.45. The number of anilines is 3. The topological polar surface area (TPSA) is 79.7 Å². The van der Waals surface area contributed by atoms with Crippen molar-refractivity contribution in [3.63, 3.8) is 0 Å². The lowest BCUT2D eigenvalue weighted by atomic mass is 9.91. The molecule has 1 unspecified atom stereocenters. The lowest BCUT2D eigenvalue weighted by Gasteiger charge is -2.33. The number of hydrogen-bond acceptors (Lipinski definition) is 7. The van der Waals surface area contributed by atoms with E-state index in [1.807, 2.05) is 12.3 Å². The van der Waals surface area contributed by atoms with Gasteiger partial charge in [0.25, 0.3) is 0 Å². The molecule has 126 valence electrons. The predicted molar refractivity (Wildman–Crippen MR) is 95.8 cm³/mol. The highest BCUT2D eigenvalue weighted by atomic mass is 15.2. The summed E-state index contributed by atoms with van der Waals surface area (Å²) in [4.78, 5) is 23.7. The Hall–Kier alpha value is -3.09. The van der Waals surface area contributed by atoms with Crippen molar-refractivity contribution in [3.05, 3.63) is 60.8 Å². The molecule has 0 aliphatic carbocycles. The molecule has 7 nitrogen and oxygen atoms in total. The van der Waals surface area contributed by atoms with Gasteiger partial charge in [-0.25, -0.2) is 24.9 Å². The smallest absolute Gasteiger partial charge is 0.228 e. The third-order valence-corrected chi connectivity index (χ3v) is 4.32. The van der Waals surface area contributed by atoms with Crippen LogP contribution in [-0.2, 0) is 0 Å². The molecule has 0 aromatic carbocycles. The van der Waals surface area contributed by atoms with Gasteiger partial charge in [-0.2, -0.15) is 0 Å². The predicted octanol–water partition coefficient (Wildman–Crippen LogP) is 2.79. The molecule has 0 spiro atoms. The van der Waals surface area contributed by atoms with Gasteiger partial charge in [0, 0.05) is 50.0 Å². The molecule has 1 fully saturated rings. The molecule has 1 aliphatic rings. The van der Waals surface area contributed by atoms with Crippen molar-refractivity contribution in [2.75, 3.05) is 23.3 Å². The summed E-state index contributed by atoms with van der Waals surface area (Å²) in [6.07, 6.45) is 11.1. The Labute approximate surface area is 146 Å². The van der Waals surface area contributed by atoms with Gasteiger partial charge in [0.05, 0.1) is 0 Å². The molecule has 25 heavy (non-hydrogen) atoms. The molecule has 3 aromatic rings. The standard InChI is InChI=1S/C18H19N7/c1-4-15(13-25(11-1)18-22-8-3-9-23-18)14-5-10-19-16(12-14)24-17-20-6-2-7-21-17/h2-3,5-10,12,15H,1,4,11,13H2,(H,19,20,21,24). The first-order valence-corrected chi connectivity index (χ1v) is 8.40. The average molecular weight is 333 g/mol. The Balaban J connectivity index is 1.50. The SMILES string of the molecule is c1cnc(Nc2cc(C3CCCN(c4ncccn4)C3)ccn2)nc1. The van der Waals surface area contributed by atoms with Gasteiger partial charge in [-0.05, 0) is 42.7 Å². The van der Waals surface area contributed by atoms with E-state index in [1.165, 1.54) is 5.56 Å². The fourth-order valence-corrected chi connectivity index (χ4v) is 3.13. The Morgan fingerprint density at radius 1 is 0.920 bits per heavy atom. The molecule has 3 aromatic heterocycles. The number of piperidine rings is 1. The third-order valence-electron chi connectivity index (χ3n) is 4.32. The van der Waals surface area contributed by atoms with Crippen LogP contribution >= 0.6 is 0 Å². The van der Waals surface area contributed by atoms with Crippen molar-refractivity contribution in [2.45, 2.75) is 18.8 Å². The molecule has 1 N–H and O–H groups in total. The molecular formula is C18H19N7. The van der Waals surface area contributed by atoms with Gasteiger partial charge in [-0.1, -0.05) is 0 Å². The first-order chi connectivity index (χ1) is 12.4. The van der Waals surface area contributed by atoms with Crippen molar-refractivity contribution < 1.29 is 0 Å². The lowest BCUT2D eigenvalue weighted by Crippen LogP contribution is -2.35. The maximum atomic E-state index is 4.38. The highest BCUT2D eigenvalue weighted by Gasteiger charge is 2.23. The summed E-state index contributed by atoms with van der Waals surface area (Å²) in [7, 11) is 0. The molecule has 0 amide bonds. The van der Waals surface area contributed by atoms with Crippen LogP contribution in [0.2, 0.25) is 0 Å². The van der Waals surface area contributed by atoms with E-state index in [0.717, 1.165) is 37.7 Å². The summed E-state index contributed by atoms with van der Waals surface area (Å²) in [5.41, 5.74) is 1.26. The van der Waals surface area contributed by atoms with Crippen molar-refractivity contribution in [2.24, 2.45) is 0 Å². The number of aromatic nitrogens is 5. The van der Waals surface area contributed by atoms with Gasteiger partial charge in [0.1, 0.15) is 5.82 Å². The van der Waals surface area contributed by atoms with Crippen LogP contribution in [0.1, 0.15) is 24.3 Å². The molecule has 0 saturated carbocycles. The Bertz CT molecular complexity index is 810. The number of rotatable bonds is 4. The van der Waals surface area contributed by atoms with Crippen LogP contribution in [0.15, 0.2) is 55.2 Å². The molecule has 0 bridgehead atoms. The van der Waals surface area contributed by atoms with Gasteiger partial charge in [-0.3, -0.25) is 0 Å². The average Bonchev–Trinajstić information content (AvgIpc) is 2.70. The van der Waals surface area contributed by atoms with Crippen LogP contribution in [0.25, 0.3) is 0 Å². The highest BCUT2D eigenvalue weighted by Crippen LogP contribution is 2.29. The molecule has 7 heteroatoms. The van der Waals surface area contributed by atoms with Gasteiger partial charge < -0.3 is 10.2 Å². The summed E-state index contributed by atoms with van der Waals surface area (Å²) in [5.74, 6) is 2.54. The van der Waals surface area contributed by atoms with Gasteiger partial charge in [0.15, 0.2) is 0 Å². The first kappa shape index (κ1) is 15.4. The van der Waals surface area contributed by atoms with Crippen molar-refractivity contribution in [3.8, 4) is 0 Å². The molecular weight excluding hydrogens is 314 g/mol. The van der Waals surface area contributed by atoms with Crippen LogP contribution < -0.4 is 10.2 Å². The van der Waals surface area contributed by atoms with Crippen molar-refractivity contribution in [1.82, 2.24) is 24.9 Å². The maximum Gasteiger partial charge on any atom is 0.228 e. The van der Waals surface area contributed by atoms with Crippen molar-refractivity contribution in [1.29, 1.82) is 0 Å². The van der Waals surface area contributed by atoms with E-state index in [9.17, 15) is 0 Å². The Morgan fingerprint density at radius 3 is 2.48 bits per heavy atom. The fraction of sp³-hybridized carbons (Fsp3) is 0.278. The zero-order chi connectivity index (χ0) is 16.9. The number of hydrogen-bond donors (Lipinski definition) is 1. The molecule has 4 rings (SSSR count). The minimum absolute atomic E-state index is 0.429. The van der Waals surface area contributed by atoms with Gasteiger partial charge in [-0.15, -0.1) is 0 Å². The van der Waals surface area contributed by atoms with E-state index in [0.29, 0.717) is 11.9 Å². The number of pyridine rings is 1. The second kappa shape index (κ2) is 7.21. The second-order valence-electron chi connectivity index (χ2n) is 6.01. The fourth-order valence-electron chi connectivity index (χ4n) is 3.13. The van der Waals surface area contributed by atoms with Gasteiger partial charge >= 0.3 is 0 Å². The summed E-state index contributed by atoms with van der Waals surface area (Å²) < 4.78 is 0. The third kappa shape index (κ3) is 3.71. The zero-order valence-corrected chi connectivity index (χ0v) is 13.8. The molecule has 0 radical (unpaired) electrons. The van der Waals surface area contributed by atoms with E-state index in [1.54, 1.807) is 30.9 Å². The first-order valence-electron chi connectivity index (χ1n) is 8.40. The number of nitrogens with one attached hydrogen (secondary N) is 1. The molecule has 4 heterocycles. The lowest BCUT2D eigenvalue weighted by molar-refractivity contribution is 0.503. The quantitative estimate of drug-likeness (QED) is 0.786. The van der Waals surface area contributed by atoms with E-state index < -0.39 is 0 Å². The highest BCUT2D eigenvalue weighted by molar-refractivity contribution is 5.49. The molecule has 1 atom stereocenters. The zero-order valence-electron chi connectivity index (χ0n) is 13.8. The summed E-state index contributed by atoms with van der Waals surface area (Å²) in [5, 5.41) is 3.15. The van der Waals surface area contributed by atoms with Crippen LogP contribution in [0.5, 0.6) is 0 Å². The van der Waals surface area contributed by atoms with Crippen molar-refractivity contribution >= 4 is 17.7 Å². The minimum atomic E-state index is 0.429. The second-order valence-corrected chi connectivity index (χ2v) is 6.01. The molecule has 1 aliphatic heterocycles. The van der Waals surface area contributed by atoms with Crippen LogP contribution in [0, 0.1) is 0 Å². The summed E-state index contributed by atoms with van der Waals surface area (Å²) >= 11 is 0. The van der Waals surface area contributed by atoms with Gasteiger partial charge in [0.2, 0.25) is 11.9 Å². The summed E-state index contributed by atoms with van der Waals surface area (Å²) in [6.45, 7) is 1.91. The molecule has 1 saturated heterocycles. The van der Waals surface area contributed by atoms with Crippen LogP contribution in [0.3, 0.4) is 0 Å². The summed E-state index contributed by atoms with van der Waals surface area (Å²) in [6, 6.07) is 7.79. The van der Waals surface area contributed by atoms with E-state index in [-0.39, 0.29) is 0 Å². The van der Waals surface area contributed by atoms with E-state index in [4.69, 9.17) is 0 Å². The monoisotopic (exact) mass is 333 g/mol. The largest absolute Gasteiger partial charge is 0.340 e. The number of nitrogens with zero attached hydrogens (tertiary/aromatic N) is 6. The minimum Gasteiger partial charge on any atom is -0.340 e. The van der Waals surface area contributed by atoms with Crippen LogP contribution in [-0.4, -0.2) is 38.0 Å². The Morgan fingerprint density at radius 2 is 1.68 bits per heavy atom. The van der Waals surface area contributed by atoms with E-state index in [2.05, 4.69) is 47.3 Å².